The van der Waals surface area contributed by atoms with Crippen LogP contribution in [-0.2, 0) is 21.3 Å². The van der Waals surface area contributed by atoms with Gasteiger partial charge in [-0.3, -0.25) is 0 Å². The minimum atomic E-state index is -2.15. The van der Waals surface area contributed by atoms with E-state index in [1.54, 1.807) is 33.4 Å². The summed E-state index contributed by atoms with van der Waals surface area (Å²) in [6.45, 7) is 0. The van der Waals surface area contributed by atoms with Crippen molar-refractivity contribution in [1.29, 1.82) is 0 Å². The summed E-state index contributed by atoms with van der Waals surface area (Å²) in [6.07, 6.45) is 30.2. The fourth-order valence-electron chi connectivity index (χ4n) is 9.09. The Morgan fingerprint density at radius 2 is 0.854 bits per heavy atom. The number of hydrogen-bond acceptors (Lipinski definition) is 0. The van der Waals surface area contributed by atoms with Crippen LogP contribution in [0.5, 0.6) is 0 Å². The number of allylic oxidation sites excluding steroid dienone is 4. The maximum Gasteiger partial charge on any atom is -1.00 e. The molecule has 218 valence electrons. The third-order valence-corrected chi connectivity index (χ3v) is 19.9. The Kier molecular flexibility index (Phi) is 11.4. The van der Waals surface area contributed by atoms with Crippen LogP contribution in [0.1, 0.15) is 139 Å². The number of rotatable bonds is 4. The third kappa shape index (κ3) is 6.54. The molecule has 0 radical (unpaired) electrons. The standard InChI is InChI=1S/2C16H19.C6H10.2ClH.Zr/c2*1-2-4-8-13(7-3-1)16-12-11-14-9-5-6-10-15(14)16;1-2-4-6-5-3-1;;;/h2*5-6,9-13H,1-4,7-8H2;1-5H2;2*1H;/q;;;;;+2/p-2. The molecule has 7 rings (SSSR count). The first kappa shape index (κ1) is 31.7. The van der Waals surface area contributed by atoms with Crippen molar-refractivity contribution in [1.82, 2.24) is 0 Å². The van der Waals surface area contributed by atoms with Crippen molar-refractivity contribution < 1.29 is 46.1 Å². The molecule has 2 aromatic rings. The molecule has 41 heavy (non-hydrogen) atoms. The van der Waals surface area contributed by atoms with Crippen LogP contribution >= 0.6 is 0 Å². The normalized spacial score (nSPS) is 24.8. The number of halogens is 2. The molecule has 5 aliphatic rings. The summed E-state index contributed by atoms with van der Waals surface area (Å²) in [6, 6.07) is 19.5. The van der Waals surface area contributed by atoms with Crippen molar-refractivity contribution in [3.63, 3.8) is 0 Å². The zero-order chi connectivity index (χ0) is 26.0. The Balaban J connectivity index is 0.00000169. The topological polar surface area (TPSA) is 0 Å². The second kappa shape index (κ2) is 14.8. The molecule has 2 atom stereocenters. The van der Waals surface area contributed by atoms with Gasteiger partial charge in [0.1, 0.15) is 0 Å². The van der Waals surface area contributed by atoms with E-state index >= 15 is 0 Å². The van der Waals surface area contributed by atoms with Gasteiger partial charge in [-0.25, -0.2) is 0 Å². The van der Waals surface area contributed by atoms with Gasteiger partial charge in [-0.15, -0.1) is 0 Å². The summed E-state index contributed by atoms with van der Waals surface area (Å²) in [7, 11) is 0. The summed E-state index contributed by atoms with van der Waals surface area (Å²) in [5, 5.41) is 0. The van der Waals surface area contributed by atoms with Crippen LogP contribution < -0.4 is 24.8 Å². The van der Waals surface area contributed by atoms with Gasteiger partial charge in [0, 0.05) is 0 Å². The smallest absolute Gasteiger partial charge is 1.00 e. The molecule has 0 spiro atoms. The van der Waals surface area contributed by atoms with E-state index < -0.39 is 21.3 Å². The Labute approximate surface area is 269 Å². The van der Waals surface area contributed by atoms with E-state index in [1.807, 2.05) is 0 Å². The minimum absolute atomic E-state index is 0. The maximum atomic E-state index is 2.91. The molecule has 2 aromatic carbocycles. The molecule has 0 nitrogen and oxygen atoms in total. The molecule has 0 bridgehead atoms. The first-order valence-corrected chi connectivity index (χ1v) is 20.8. The molecule has 2 unspecified atom stereocenters. The van der Waals surface area contributed by atoms with Gasteiger partial charge in [0.25, 0.3) is 0 Å². The molecule has 0 aliphatic heterocycles. The predicted octanol–water partition coefficient (Wildman–Crippen LogP) is 4.97. The van der Waals surface area contributed by atoms with Gasteiger partial charge in [0.15, 0.2) is 0 Å². The van der Waals surface area contributed by atoms with E-state index in [0.29, 0.717) is 0 Å². The van der Waals surface area contributed by atoms with E-state index in [2.05, 4.69) is 63.9 Å². The molecule has 3 saturated carbocycles. The van der Waals surface area contributed by atoms with Crippen LogP contribution in [0.15, 0.2) is 60.7 Å². The van der Waals surface area contributed by atoms with E-state index in [1.165, 1.54) is 109 Å². The van der Waals surface area contributed by atoms with Crippen molar-refractivity contribution in [3.05, 3.63) is 82.9 Å². The molecule has 3 fully saturated rings. The summed E-state index contributed by atoms with van der Waals surface area (Å²) in [5.74, 6) is 1.60. The van der Waals surface area contributed by atoms with Crippen LogP contribution in [0.25, 0.3) is 11.1 Å². The van der Waals surface area contributed by atoms with E-state index in [-0.39, 0.29) is 24.8 Å². The van der Waals surface area contributed by atoms with Crippen molar-refractivity contribution in [2.45, 2.75) is 116 Å². The first-order chi connectivity index (χ1) is 19.4. The molecule has 0 N–H and O–H groups in total. The van der Waals surface area contributed by atoms with Crippen LogP contribution in [0.4, 0.5) is 0 Å². The Morgan fingerprint density at radius 1 is 0.463 bits per heavy atom. The van der Waals surface area contributed by atoms with Gasteiger partial charge >= 0.3 is 247 Å². The van der Waals surface area contributed by atoms with Crippen LogP contribution in [0.3, 0.4) is 0 Å². The summed E-state index contributed by atoms with van der Waals surface area (Å²) in [4.78, 5) is 0. The van der Waals surface area contributed by atoms with E-state index in [9.17, 15) is 0 Å². The third-order valence-electron chi connectivity index (χ3n) is 11.0. The number of benzene rings is 2. The summed E-state index contributed by atoms with van der Waals surface area (Å²) < 4.78 is 3.55. The molecular formula is C38H48Cl2Zr. The molecule has 0 saturated heterocycles. The fourth-order valence-corrected chi connectivity index (χ4v) is 19.1. The van der Waals surface area contributed by atoms with E-state index in [0.717, 1.165) is 19.1 Å². The summed E-state index contributed by atoms with van der Waals surface area (Å²) in [5.41, 5.74) is 10.3. The molecule has 5 aliphatic carbocycles. The zero-order valence-corrected chi connectivity index (χ0v) is 28.8. The van der Waals surface area contributed by atoms with Gasteiger partial charge in [-0.2, -0.15) is 0 Å². The molecule has 0 aromatic heterocycles. The van der Waals surface area contributed by atoms with E-state index in [4.69, 9.17) is 0 Å². The van der Waals surface area contributed by atoms with Crippen LogP contribution in [0, 0.1) is 11.8 Å². The van der Waals surface area contributed by atoms with Gasteiger partial charge in [-0.1, -0.05) is 0 Å². The van der Waals surface area contributed by atoms with Gasteiger partial charge in [0.2, 0.25) is 0 Å². The zero-order valence-electron chi connectivity index (χ0n) is 24.9. The maximum absolute atomic E-state index is 2.91. The number of fused-ring (bicyclic) bond motifs is 2. The Hall–Kier alpha value is -0.747. The molecule has 0 heterocycles. The minimum Gasteiger partial charge on any atom is -1.00 e. The Bertz CT molecular complexity index is 1180. The van der Waals surface area contributed by atoms with Crippen LogP contribution in [-0.4, -0.2) is 3.21 Å². The first-order valence-electron chi connectivity index (χ1n) is 16.7. The molecule has 0 amide bonds. The molecule has 3 heteroatoms. The average Bonchev–Trinajstić information content (AvgIpc) is 3.25. The predicted molar refractivity (Wildman–Crippen MR) is 165 cm³/mol. The Morgan fingerprint density at radius 3 is 1.29 bits per heavy atom. The quantitative estimate of drug-likeness (QED) is 0.405. The largest absolute Gasteiger partial charge is 1.00 e. The second-order valence-electron chi connectivity index (χ2n) is 13.4. The van der Waals surface area contributed by atoms with Crippen LogP contribution in [0.2, 0.25) is 0 Å². The van der Waals surface area contributed by atoms with Crippen molar-refractivity contribution >= 4 is 14.4 Å². The monoisotopic (exact) mass is 664 g/mol. The van der Waals surface area contributed by atoms with Crippen molar-refractivity contribution in [2.75, 3.05) is 0 Å². The van der Waals surface area contributed by atoms with Gasteiger partial charge in [-0.05, 0) is 0 Å². The second-order valence-corrected chi connectivity index (χ2v) is 20.4. The van der Waals surface area contributed by atoms with Gasteiger partial charge in [0.05, 0.1) is 0 Å². The fraction of sp³-hybridized carbons (Fsp3) is 0.553. The molecular weight excluding hydrogens is 619 g/mol. The summed E-state index contributed by atoms with van der Waals surface area (Å²) >= 11 is -2.15. The van der Waals surface area contributed by atoms with Crippen molar-refractivity contribution in [2.24, 2.45) is 11.8 Å². The number of hydrogen-bond donors (Lipinski definition) is 0. The van der Waals surface area contributed by atoms with Gasteiger partial charge < -0.3 is 24.8 Å². The SMILES string of the molecule is C1=C(C2CCCCCC2)c2ccccc2[CH]1[Zr+2](=[C]1CCCCC1)[CH]1C=C(C2CCCCCC2)c2ccccc21.[Cl-].[Cl-]. The van der Waals surface area contributed by atoms with Crippen molar-refractivity contribution in [3.8, 4) is 0 Å². The average molecular weight is 667 g/mol.